The van der Waals surface area contributed by atoms with Crippen molar-refractivity contribution in [3.63, 3.8) is 0 Å². The highest BCUT2D eigenvalue weighted by Gasteiger charge is 2.38. The normalized spacial score (nSPS) is 18.9. The molecule has 1 saturated carbocycles. The first-order valence-electron chi connectivity index (χ1n) is 15.3. The van der Waals surface area contributed by atoms with Crippen molar-refractivity contribution < 1.29 is 28.3 Å². The molecule has 8 nitrogen and oxygen atoms in total. The van der Waals surface area contributed by atoms with Crippen LogP contribution in [0.25, 0.3) is 11.0 Å². The Labute approximate surface area is 246 Å². The number of fused-ring (bicyclic) bond motifs is 4. The summed E-state index contributed by atoms with van der Waals surface area (Å²) in [6.07, 6.45) is 11.0. The van der Waals surface area contributed by atoms with E-state index in [0.717, 1.165) is 68.1 Å². The quantitative estimate of drug-likeness (QED) is 0.268. The van der Waals surface area contributed by atoms with Gasteiger partial charge in [-0.1, -0.05) is 36.8 Å². The van der Waals surface area contributed by atoms with E-state index in [1.165, 1.54) is 30.4 Å². The minimum atomic E-state index is -1.10. The first kappa shape index (κ1) is 28.3. The fourth-order valence-electron chi connectivity index (χ4n) is 6.58. The highest BCUT2D eigenvalue weighted by molar-refractivity contribution is 5.85. The van der Waals surface area contributed by atoms with E-state index in [9.17, 15) is 9.59 Å². The summed E-state index contributed by atoms with van der Waals surface area (Å²) < 4.78 is 18.4. The number of rotatable bonds is 4. The second kappa shape index (κ2) is 11.5. The Morgan fingerprint density at radius 2 is 1.67 bits per heavy atom. The number of ether oxygens (including phenoxy) is 2. The van der Waals surface area contributed by atoms with Crippen LogP contribution < -0.4 is 15.6 Å². The third kappa shape index (κ3) is 6.03. The summed E-state index contributed by atoms with van der Waals surface area (Å²) >= 11 is 0. The zero-order valence-corrected chi connectivity index (χ0v) is 24.8. The van der Waals surface area contributed by atoms with Crippen LogP contribution in [0.1, 0.15) is 100 Å². The van der Waals surface area contributed by atoms with Gasteiger partial charge in [-0.2, -0.15) is 0 Å². The molecule has 2 heterocycles. The molecule has 0 unspecified atom stereocenters. The third-order valence-corrected chi connectivity index (χ3v) is 8.61. The first-order chi connectivity index (χ1) is 20.2. The molecule has 1 aromatic heterocycles. The molecule has 1 atom stereocenters. The molecule has 1 fully saturated rings. The molecular weight excluding hydrogens is 532 g/mol. The smallest absolute Gasteiger partial charge is 0.408 e. The van der Waals surface area contributed by atoms with Crippen LogP contribution in [0.4, 0.5) is 4.79 Å². The summed E-state index contributed by atoms with van der Waals surface area (Å²) in [7, 11) is 0. The molecule has 2 aliphatic carbocycles. The highest BCUT2D eigenvalue weighted by atomic mass is 16.7. The van der Waals surface area contributed by atoms with Gasteiger partial charge in [0.2, 0.25) is 0 Å². The molecule has 1 amide bonds. The van der Waals surface area contributed by atoms with Gasteiger partial charge >= 0.3 is 12.1 Å². The first-order valence-corrected chi connectivity index (χ1v) is 15.3. The van der Waals surface area contributed by atoms with Crippen molar-refractivity contribution in [1.82, 2.24) is 5.32 Å². The van der Waals surface area contributed by atoms with E-state index in [1.54, 1.807) is 45.0 Å². The molecule has 0 radical (unpaired) electrons. The summed E-state index contributed by atoms with van der Waals surface area (Å²) in [5.41, 5.74) is 4.15. The molecule has 2 aromatic carbocycles. The summed E-state index contributed by atoms with van der Waals surface area (Å²) in [5.74, 6) is 0.156. The SMILES string of the molecule is CC(C)(C)OC(=O)N[C@H](C(=O)O/N=c1\oc2cc3c(cc2c2c1CCCC2)CCC1(CCCCC1)O3)c1ccccc1. The van der Waals surface area contributed by atoms with E-state index in [4.69, 9.17) is 18.7 Å². The van der Waals surface area contributed by atoms with E-state index in [1.807, 2.05) is 12.1 Å². The van der Waals surface area contributed by atoms with Gasteiger partial charge in [0.1, 0.15) is 22.5 Å². The Morgan fingerprint density at radius 1 is 0.929 bits per heavy atom. The van der Waals surface area contributed by atoms with Crippen molar-refractivity contribution in [3.05, 3.63) is 70.3 Å². The van der Waals surface area contributed by atoms with Crippen LogP contribution >= 0.6 is 0 Å². The average Bonchev–Trinajstić information content (AvgIpc) is 2.97. The average molecular weight is 573 g/mol. The van der Waals surface area contributed by atoms with Crippen LogP contribution in [-0.4, -0.2) is 23.3 Å². The van der Waals surface area contributed by atoms with E-state index in [-0.39, 0.29) is 11.2 Å². The Bertz CT molecular complexity index is 1550. The molecule has 0 bridgehead atoms. The van der Waals surface area contributed by atoms with Crippen LogP contribution in [-0.2, 0) is 33.6 Å². The number of aryl methyl sites for hydroxylation is 2. The predicted octanol–water partition coefficient (Wildman–Crippen LogP) is 6.96. The van der Waals surface area contributed by atoms with Crippen LogP contribution in [0.3, 0.4) is 0 Å². The van der Waals surface area contributed by atoms with E-state index >= 15 is 0 Å². The Kier molecular flexibility index (Phi) is 7.73. The number of carbonyl (C=O) groups excluding carboxylic acids is 2. The Balaban J connectivity index is 1.33. The van der Waals surface area contributed by atoms with Gasteiger partial charge in [0.15, 0.2) is 6.04 Å². The lowest BCUT2D eigenvalue weighted by Gasteiger charge is -2.41. The van der Waals surface area contributed by atoms with Gasteiger partial charge in [-0.15, -0.1) is 0 Å². The van der Waals surface area contributed by atoms with Crippen molar-refractivity contribution in [3.8, 4) is 5.75 Å². The van der Waals surface area contributed by atoms with Crippen LogP contribution in [0.2, 0.25) is 0 Å². The largest absolute Gasteiger partial charge is 0.487 e. The lowest BCUT2D eigenvalue weighted by Crippen LogP contribution is -2.41. The fourth-order valence-corrected chi connectivity index (χ4v) is 6.58. The molecule has 3 aliphatic rings. The minimum absolute atomic E-state index is 0.0660. The molecule has 1 aliphatic heterocycles. The van der Waals surface area contributed by atoms with Gasteiger partial charge in [-0.3, -0.25) is 0 Å². The minimum Gasteiger partial charge on any atom is -0.487 e. The van der Waals surface area contributed by atoms with Crippen LogP contribution in [0.15, 0.2) is 52.0 Å². The van der Waals surface area contributed by atoms with Crippen molar-refractivity contribution in [1.29, 1.82) is 0 Å². The van der Waals surface area contributed by atoms with Gasteiger partial charge in [0.05, 0.1) is 0 Å². The van der Waals surface area contributed by atoms with Gasteiger partial charge in [0.25, 0.3) is 5.55 Å². The van der Waals surface area contributed by atoms with Crippen molar-refractivity contribution in [2.24, 2.45) is 5.16 Å². The maximum absolute atomic E-state index is 13.4. The Morgan fingerprint density at radius 3 is 2.40 bits per heavy atom. The number of benzene rings is 2. The monoisotopic (exact) mass is 572 g/mol. The molecule has 3 aromatic rings. The predicted molar refractivity (Wildman–Crippen MR) is 158 cm³/mol. The van der Waals surface area contributed by atoms with Crippen molar-refractivity contribution >= 4 is 23.0 Å². The zero-order valence-electron chi connectivity index (χ0n) is 24.8. The second-order valence-corrected chi connectivity index (χ2v) is 12.9. The third-order valence-electron chi connectivity index (χ3n) is 8.61. The fraction of sp³-hybridized carbons (Fsp3) is 0.500. The molecule has 1 N–H and O–H groups in total. The number of amides is 1. The van der Waals surface area contributed by atoms with Crippen LogP contribution in [0.5, 0.6) is 5.75 Å². The number of carbonyl (C=O) groups is 2. The van der Waals surface area contributed by atoms with E-state index in [2.05, 4.69) is 16.5 Å². The molecule has 42 heavy (non-hydrogen) atoms. The topological polar surface area (TPSA) is 99.4 Å². The number of hydrogen-bond acceptors (Lipinski definition) is 7. The summed E-state index contributed by atoms with van der Waals surface area (Å²) in [6.45, 7) is 5.29. The molecule has 222 valence electrons. The number of nitrogens with zero attached hydrogens (tertiary/aromatic N) is 1. The van der Waals surface area contributed by atoms with Gasteiger partial charge < -0.3 is 24.0 Å². The van der Waals surface area contributed by atoms with Crippen molar-refractivity contribution in [2.75, 3.05) is 0 Å². The maximum atomic E-state index is 13.4. The lowest BCUT2D eigenvalue weighted by atomic mass is 9.78. The van der Waals surface area contributed by atoms with Crippen LogP contribution in [0, 0.1) is 0 Å². The summed E-state index contributed by atoms with van der Waals surface area (Å²) in [6, 6.07) is 12.0. The molecule has 0 saturated heterocycles. The second-order valence-electron chi connectivity index (χ2n) is 12.9. The van der Waals surface area contributed by atoms with Gasteiger partial charge in [0, 0.05) is 17.0 Å². The molecule has 6 rings (SSSR count). The number of nitrogens with one attached hydrogen (secondary N) is 1. The number of alkyl carbamates (subject to hydrolysis) is 1. The van der Waals surface area contributed by atoms with Crippen molar-refractivity contribution in [2.45, 2.75) is 109 Å². The van der Waals surface area contributed by atoms with E-state index in [0.29, 0.717) is 11.1 Å². The maximum Gasteiger partial charge on any atom is 0.408 e. The van der Waals surface area contributed by atoms with Gasteiger partial charge in [-0.25, -0.2) is 9.59 Å². The lowest BCUT2D eigenvalue weighted by molar-refractivity contribution is -0.147. The Hall–Kier alpha value is -3.81. The van der Waals surface area contributed by atoms with Gasteiger partial charge in [-0.05, 0) is 113 Å². The molecular formula is C34H40N2O6. The summed E-state index contributed by atoms with van der Waals surface area (Å²) in [5, 5.41) is 7.97. The molecule has 8 heteroatoms. The zero-order chi connectivity index (χ0) is 29.3. The number of hydrogen-bond donors (Lipinski definition) is 1. The highest BCUT2D eigenvalue weighted by Crippen LogP contribution is 2.43. The van der Waals surface area contributed by atoms with E-state index < -0.39 is 23.7 Å². The molecule has 1 spiro atoms. The summed E-state index contributed by atoms with van der Waals surface area (Å²) in [4.78, 5) is 31.4. The standard InChI is InChI=1S/C34H40N2O6/c1-33(2,3)41-32(38)35-29(22-12-6-4-7-13-22)31(37)42-36-30-25-15-9-8-14-24(25)26-20-23-16-19-34(17-10-5-11-18-34)40-27(23)21-28(26)39-30/h4,6-7,12-13,20-21,29H,5,8-11,14-19H2,1-3H3,(H,35,38)/b36-30-/t29-/m0/s1.